The molecule has 7 rings (SSSR count). The van der Waals surface area contributed by atoms with E-state index in [9.17, 15) is 19.2 Å². The number of aryl methyl sites for hydroxylation is 1. The minimum atomic E-state index is -1.37. The van der Waals surface area contributed by atoms with Gasteiger partial charge in [0.15, 0.2) is 23.9 Å². The molecule has 0 spiro atoms. The van der Waals surface area contributed by atoms with Crippen molar-refractivity contribution in [1.29, 1.82) is 0 Å². The Bertz CT molecular complexity index is 1940. The van der Waals surface area contributed by atoms with Crippen LogP contribution in [0.15, 0.2) is 25.3 Å². The van der Waals surface area contributed by atoms with Crippen molar-refractivity contribution >= 4 is 31.8 Å². The first kappa shape index (κ1) is 44.1. The van der Waals surface area contributed by atoms with Crippen molar-refractivity contribution in [3.05, 3.63) is 33.8 Å². The molecule has 12 heteroatoms. The molecule has 1 aliphatic heterocycles. The van der Waals surface area contributed by atoms with Crippen molar-refractivity contribution in [3.8, 4) is 0 Å². The van der Waals surface area contributed by atoms with Crippen LogP contribution in [0.2, 0.25) is 25.7 Å². The molecule has 5 fully saturated rings. The summed E-state index contributed by atoms with van der Waals surface area (Å²) in [7, 11) is -1.37. The Morgan fingerprint density at radius 2 is 1.58 bits per heavy atom. The van der Waals surface area contributed by atoms with Crippen molar-refractivity contribution in [3.63, 3.8) is 0 Å². The topological polar surface area (TPSA) is 143 Å². The highest BCUT2D eigenvalue weighted by Gasteiger charge is 2.72. The van der Waals surface area contributed by atoms with Gasteiger partial charge in [-0.25, -0.2) is 4.79 Å². The molecule has 1 aromatic rings. The van der Waals surface area contributed by atoms with E-state index in [-0.39, 0.29) is 87.8 Å². The highest BCUT2D eigenvalue weighted by atomic mass is 28.3. The van der Waals surface area contributed by atoms with Gasteiger partial charge >= 0.3 is 23.7 Å². The van der Waals surface area contributed by atoms with Gasteiger partial charge in [-0.05, 0) is 144 Å². The van der Waals surface area contributed by atoms with Gasteiger partial charge in [-0.15, -0.1) is 0 Å². The summed E-state index contributed by atoms with van der Waals surface area (Å²) in [6.45, 7) is 25.5. The number of rotatable bonds is 10. The molecule has 1 saturated heterocycles. The fourth-order valence-electron chi connectivity index (χ4n) is 13.8. The first-order valence-electron chi connectivity index (χ1n) is 22.6. The van der Waals surface area contributed by atoms with E-state index in [1.165, 1.54) is 5.57 Å². The zero-order valence-corrected chi connectivity index (χ0v) is 38.8. The maximum Gasteiger partial charge on any atom is 0.519 e. The van der Waals surface area contributed by atoms with Crippen LogP contribution in [0.3, 0.4) is 0 Å². The Kier molecular flexibility index (Phi) is 11.3. The number of hydrogen-bond acceptors (Lipinski definition) is 11. The highest BCUT2D eigenvalue weighted by Crippen LogP contribution is 2.75. The molecule has 328 valence electrons. The van der Waals surface area contributed by atoms with E-state index >= 15 is 4.79 Å². The van der Waals surface area contributed by atoms with E-state index in [0.717, 1.165) is 51.0 Å². The molecule has 11 atom stereocenters. The second-order valence-corrected chi connectivity index (χ2v) is 27.9. The Balaban J connectivity index is 1.22. The normalized spacial score (nSPS) is 40.8. The third kappa shape index (κ3) is 7.15. The van der Waals surface area contributed by atoms with Crippen LogP contribution in [-0.2, 0) is 40.0 Å². The number of allylic oxidation sites excluding steroid dienone is 2. The van der Waals surface area contributed by atoms with Gasteiger partial charge in [0.25, 0.3) is 0 Å². The lowest BCUT2D eigenvalue weighted by molar-refractivity contribution is -0.212. The lowest BCUT2D eigenvalue weighted by Gasteiger charge is -2.70. The lowest BCUT2D eigenvalue weighted by atomic mass is 9.33. The standard InChI is InChI=1S/C47H71NO10Si/c1-12-54-38(50)30-15-22-48(27-30)36-14-16-44(5)35(47(36,8)40(52)56-28-34-29(2)57-41(53)58-34)13-17-46(7)37(44)33(49)25-31-32-26-43(4,39(51)55-23-24-59(9,10)11)19-18-42(32,3)20-21-45(31,46)6/h25,30,32,35-37H,12-24,26-28H2,1-11H3/t30-,32+,35-,36+,37-,42-,43+,44+,45-,46-,47+/m1/s1. The summed E-state index contributed by atoms with van der Waals surface area (Å²) in [5, 5.41) is 0. The number of carbonyl (C=O) groups is 4. The molecule has 5 aliphatic carbocycles. The Hall–Kier alpha value is -2.99. The molecule has 0 radical (unpaired) electrons. The van der Waals surface area contributed by atoms with E-state index in [1.807, 2.05) is 19.9 Å². The largest absolute Gasteiger partial charge is 0.519 e. The summed E-state index contributed by atoms with van der Waals surface area (Å²) in [6, 6.07) is 0.717. The van der Waals surface area contributed by atoms with Gasteiger partial charge in [-0.1, -0.05) is 52.9 Å². The van der Waals surface area contributed by atoms with Gasteiger partial charge in [-0.3, -0.25) is 24.1 Å². The van der Waals surface area contributed by atoms with Gasteiger partial charge < -0.3 is 23.0 Å². The summed E-state index contributed by atoms with van der Waals surface area (Å²) in [5.74, 6) is -1.61. The predicted octanol–water partition coefficient (Wildman–Crippen LogP) is 8.68. The monoisotopic (exact) mass is 837 g/mol. The predicted molar refractivity (Wildman–Crippen MR) is 225 cm³/mol. The number of fused-ring (bicyclic) bond motifs is 7. The molecule has 11 nitrogen and oxygen atoms in total. The van der Waals surface area contributed by atoms with E-state index in [0.29, 0.717) is 45.6 Å². The van der Waals surface area contributed by atoms with Crippen molar-refractivity contribution in [2.45, 2.75) is 158 Å². The van der Waals surface area contributed by atoms with E-state index in [4.69, 9.17) is 23.0 Å². The van der Waals surface area contributed by atoms with Crippen LogP contribution >= 0.6 is 0 Å². The smallest absolute Gasteiger partial charge is 0.466 e. The van der Waals surface area contributed by atoms with Crippen molar-refractivity contribution < 1.29 is 42.2 Å². The molecule has 0 aromatic carbocycles. The maximum atomic E-state index is 15.3. The maximum absolute atomic E-state index is 15.3. The van der Waals surface area contributed by atoms with E-state index in [2.05, 4.69) is 59.2 Å². The van der Waals surface area contributed by atoms with Gasteiger partial charge in [0.1, 0.15) is 0 Å². The molecule has 4 saturated carbocycles. The molecule has 0 unspecified atom stereocenters. The zero-order valence-electron chi connectivity index (χ0n) is 37.8. The van der Waals surface area contributed by atoms with E-state index < -0.39 is 30.1 Å². The molecule has 0 bridgehead atoms. The fourth-order valence-corrected chi connectivity index (χ4v) is 14.5. The highest BCUT2D eigenvalue weighted by molar-refractivity contribution is 6.76. The molecule has 59 heavy (non-hydrogen) atoms. The van der Waals surface area contributed by atoms with Crippen LogP contribution < -0.4 is 5.82 Å². The first-order valence-corrected chi connectivity index (χ1v) is 26.3. The molecule has 2 heterocycles. The molecule has 0 amide bonds. The molecule has 0 N–H and O–H groups in total. The average molecular weight is 838 g/mol. The Morgan fingerprint density at radius 3 is 2.24 bits per heavy atom. The van der Waals surface area contributed by atoms with E-state index in [1.54, 1.807) is 6.92 Å². The summed E-state index contributed by atoms with van der Waals surface area (Å²) in [6.07, 6.45) is 10.0. The minimum Gasteiger partial charge on any atom is -0.466 e. The van der Waals surface area contributed by atoms with Gasteiger partial charge in [0.2, 0.25) is 0 Å². The third-order valence-corrected chi connectivity index (χ3v) is 19.4. The van der Waals surface area contributed by atoms with Crippen molar-refractivity contribution in [2.24, 2.45) is 56.2 Å². The second kappa shape index (κ2) is 15.1. The number of likely N-dealkylation sites (tertiary alicyclic amines) is 1. The Labute approximate surface area is 352 Å². The minimum absolute atomic E-state index is 0.00194. The SMILES string of the molecule is CCOC(=O)[C@@H]1CCN([C@H]2CC[C@@]3(C)[C@@H](CC[C@]4(C)[C@@H]3C(=O)C=C3[C@@H]5C[C@@](C)(C(=O)OCC[Si](C)(C)C)CC[C@]5(C)CC[C@]34C)[C@]2(C)C(=O)OCc2oc(=O)oc2C)C1. The average Bonchev–Trinajstić information content (AvgIpc) is 3.77. The van der Waals surface area contributed by atoms with Crippen LogP contribution in [-0.4, -0.2) is 69.0 Å². The van der Waals surface area contributed by atoms with Crippen molar-refractivity contribution in [1.82, 2.24) is 4.90 Å². The Morgan fingerprint density at radius 1 is 0.864 bits per heavy atom. The van der Waals surface area contributed by atoms with Crippen LogP contribution in [0.5, 0.6) is 0 Å². The lowest BCUT2D eigenvalue weighted by Crippen LogP contribution is -2.69. The second-order valence-electron chi connectivity index (χ2n) is 22.3. The summed E-state index contributed by atoms with van der Waals surface area (Å²) < 4.78 is 27.9. The summed E-state index contributed by atoms with van der Waals surface area (Å²) in [5.41, 5.74) is -1.58. The number of ketones is 1. The first-order chi connectivity index (χ1) is 27.5. The number of carbonyl (C=O) groups excluding carboxylic acids is 4. The van der Waals surface area contributed by atoms with Gasteiger partial charge in [-0.2, -0.15) is 0 Å². The van der Waals surface area contributed by atoms with Crippen LogP contribution in [0.25, 0.3) is 0 Å². The zero-order chi connectivity index (χ0) is 43.1. The number of esters is 3. The van der Waals surface area contributed by atoms with Gasteiger partial charge in [0, 0.05) is 26.6 Å². The quantitative estimate of drug-likeness (QED) is 0.127. The number of ether oxygens (including phenoxy) is 3. The van der Waals surface area contributed by atoms with Crippen molar-refractivity contribution in [2.75, 3.05) is 26.3 Å². The van der Waals surface area contributed by atoms with Crippen LogP contribution in [0, 0.1) is 63.1 Å². The molecular weight excluding hydrogens is 767 g/mol. The molecule has 6 aliphatic rings. The molecule has 1 aromatic heterocycles. The van der Waals surface area contributed by atoms with Crippen LogP contribution in [0.1, 0.15) is 124 Å². The third-order valence-electron chi connectivity index (χ3n) is 17.7. The molecular formula is C47H71NO10Si. The van der Waals surface area contributed by atoms with Crippen LogP contribution in [0.4, 0.5) is 0 Å². The van der Waals surface area contributed by atoms with Gasteiger partial charge in [0.05, 0.1) is 30.0 Å². The summed E-state index contributed by atoms with van der Waals surface area (Å²) >= 11 is 0. The number of nitrogens with zero attached hydrogens (tertiary/aromatic N) is 1. The summed E-state index contributed by atoms with van der Waals surface area (Å²) in [4.78, 5) is 71.1. The number of hydrogen-bond donors (Lipinski definition) is 0. The fraction of sp³-hybridized carbons (Fsp3) is 0.809.